The number of aryl methyl sites for hydroxylation is 1. The average Bonchev–Trinajstić information content (AvgIpc) is 2.86. The van der Waals surface area contributed by atoms with Crippen LogP contribution < -0.4 is 10.6 Å². The summed E-state index contributed by atoms with van der Waals surface area (Å²) in [5, 5.41) is 7.75. The van der Waals surface area contributed by atoms with E-state index in [1.165, 1.54) is 4.88 Å². The number of nitrogens with zero attached hydrogens (tertiary/aromatic N) is 2. The number of rotatable bonds is 4. The summed E-state index contributed by atoms with van der Waals surface area (Å²) in [6.45, 7) is 3.28. The van der Waals surface area contributed by atoms with E-state index in [0.29, 0.717) is 29.1 Å². The number of aliphatic imine (C=N–C) groups is 1. The van der Waals surface area contributed by atoms with Crippen molar-refractivity contribution in [2.24, 2.45) is 4.99 Å². The van der Waals surface area contributed by atoms with Crippen molar-refractivity contribution < 1.29 is 0 Å². The van der Waals surface area contributed by atoms with Gasteiger partial charge in [-0.05, 0) is 24.6 Å². The van der Waals surface area contributed by atoms with Crippen molar-refractivity contribution in [1.82, 2.24) is 15.6 Å². The van der Waals surface area contributed by atoms with Gasteiger partial charge in [0, 0.05) is 28.5 Å². The van der Waals surface area contributed by atoms with Crippen LogP contribution >= 0.6 is 58.5 Å². The summed E-state index contributed by atoms with van der Waals surface area (Å²) in [6, 6.07) is 5.45. The lowest BCUT2D eigenvalue weighted by atomic mass is 10.2. The third-order valence-corrected chi connectivity index (χ3v) is 4.47. The normalized spacial score (nSPS) is 11.0. The van der Waals surface area contributed by atoms with Gasteiger partial charge in [-0.1, -0.05) is 29.3 Å². The molecule has 0 radical (unpaired) electrons. The minimum atomic E-state index is 0. The van der Waals surface area contributed by atoms with Crippen molar-refractivity contribution in [3.63, 3.8) is 0 Å². The quantitative estimate of drug-likeness (QED) is 0.399. The fourth-order valence-electron chi connectivity index (χ4n) is 1.72. The monoisotopic (exact) mass is 470 g/mol. The van der Waals surface area contributed by atoms with Crippen LogP contribution in [0.2, 0.25) is 10.0 Å². The zero-order valence-corrected chi connectivity index (χ0v) is 16.8. The Kier molecular flexibility index (Phi) is 8.45. The smallest absolute Gasteiger partial charge is 0.191 e. The summed E-state index contributed by atoms with van der Waals surface area (Å²) in [7, 11) is 1.73. The first kappa shape index (κ1) is 19.5. The van der Waals surface area contributed by atoms with Gasteiger partial charge >= 0.3 is 0 Å². The van der Waals surface area contributed by atoms with Gasteiger partial charge in [-0.25, -0.2) is 4.98 Å². The van der Waals surface area contributed by atoms with Crippen molar-refractivity contribution in [2.45, 2.75) is 20.0 Å². The highest BCUT2D eigenvalue weighted by atomic mass is 127. The van der Waals surface area contributed by atoms with E-state index in [9.17, 15) is 0 Å². The number of benzene rings is 1. The van der Waals surface area contributed by atoms with Gasteiger partial charge in [-0.3, -0.25) is 4.99 Å². The molecule has 0 fully saturated rings. The highest BCUT2D eigenvalue weighted by molar-refractivity contribution is 14.0. The molecule has 4 nitrogen and oxygen atoms in total. The molecule has 0 spiro atoms. The fourth-order valence-corrected chi connectivity index (χ4v) is 2.92. The van der Waals surface area contributed by atoms with Gasteiger partial charge < -0.3 is 10.6 Å². The first-order valence-electron chi connectivity index (χ1n) is 6.37. The molecule has 1 heterocycles. The highest BCUT2D eigenvalue weighted by Crippen LogP contribution is 2.20. The molecule has 120 valence electrons. The molecule has 2 N–H and O–H groups in total. The number of hydrogen-bond donors (Lipinski definition) is 2. The van der Waals surface area contributed by atoms with Crippen LogP contribution in [0.25, 0.3) is 0 Å². The lowest BCUT2D eigenvalue weighted by molar-refractivity contribution is 0.812. The summed E-state index contributed by atoms with van der Waals surface area (Å²) in [4.78, 5) is 9.61. The molecule has 22 heavy (non-hydrogen) atoms. The maximum atomic E-state index is 6.14. The Morgan fingerprint density at radius 3 is 2.59 bits per heavy atom. The standard InChI is InChI=1S/C14H16Cl2N4S.HI/c1-9-13(21-8-20-9)7-19-14(17-2)18-6-10-3-4-11(15)5-12(10)16;/h3-5,8H,6-7H2,1-2H3,(H2,17,18,19);1H. The Morgan fingerprint density at radius 1 is 1.27 bits per heavy atom. The van der Waals surface area contributed by atoms with E-state index < -0.39 is 0 Å². The molecule has 0 bridgehead atoms. The highest BCUT2D eigenvalue weighted by Gasteiger charge is 2.05. The molecule has 2 rings (SSSR count). The second-order valence-corrected chi connectivity index (χ2v) is 6.16. The number of hydrogen-bond acceptors (Lipinski definition) is 3. The molecule has 8 heteroatoms. The predicted molar refractivity (Wildman–Crippen MR) is 106 cm³/mol. The largest absolute Gasteiger partial charge is 0.352 e. The molecular formula is C14H17Cl2IN4S. The van der Waals surface area contributed by atoms with Gasteiger partial charge in [0.25, 0.3) is 0 Å². The maximum Gasteiger partial charge on any atom is 0.191 e. The van der Waals surface area contributed by atoms with Crippen molar-refractivity contribution in [3.8, 4) is 0 Å². The van der Waals surface area contributed by atoms with Gasteiger partial charge in [0.1, 0.15) is 0 Å². The first-order chi connectivity index (χ1) is 10.1. The third kappa shape index (κ3) is 5.57. The van der Waals surface area contributed by atoms with E-state index in [2.05, 4.69) is 20.6 Å². The summed E-state index contributed by atoms with van der Waals surface area (Å²) in [5.41, 5.74) is 3.86. The molecule has 0 amide bonds. The first-order valence-corrected chi connectivity index (χ1v) is 8.01. The van der Waals surface area contributed by atoms with Crippen LogP contribution in [0.1, 0.15) is 16.1 Å². The Bertz CT molecular complexity index is 646. The number of halogens is 3. The summed E-state index contributed by atoms with van der Waals surface area (Å²) in [6.07, 6.45) is 0. The second kappa shape index (κ2) is 9.54. The molecule has 0 aliphatic carbocycles. The minimum absolute atomic E-state index is 0. The lowest BCUT2D eigenvalue weighted by Gasteiger charge is -2.12. The molecule has 0 saturated heterocycles. The van der Waals surface area contributed by atoms with Crippen LogP contribution in [0.3, 0.4) is 0 Å². The zero-order chi connectivity index (χ0) is 15.2. The van der Waals surface area contributed by atoms with Crippen molar-refractivity contribution in [1.29, 1.82) is 0 Å². The van der Waals surface area contributed by atoms with Crippen molar-refractivity contribution in [2.75, 3.05) is 7.05 Å². The van der Waals surface area contributed by atoms with E-state index in [0.717, 1.165) is 11.3 Å². The molecule has 1 aromatic heterocycles. The number of guanidine groups is 1. The van der Waals surface area contributed by atoms with Gasteiger partial charge in [0.2, 0.25) is 0 Å². The Morgan fingerprint density at radius 2 is 2.00 bits per heavy atom. The van der Waals surface area contributed by atoms with Crippen LogP contribution in [0.5, 0.6) is 0 Å². The lowest BCUT2D eigenvalue weighted by Crippen LogP contribution is -2.36. The summed E-state index contributed by atoms with van der Waals surface area (Å²) >= 11 is 13.7. The maximum absolute atomic E-state index is 6.14. The molecule has 0 saturated carbocycles. The Balaban J connectivity index is 0.00000242. The van der Waals surface area contributed by atoms with Gasteiger partial charge in [-0.15, -0.1) is 35.3 Å². The Labute approximate surface area is 161 Å². The molecular weight excluding hydrogens is 454 g/mol. The summed E-state index contributed by atoms with van der Waals surface area (Å²) in [5.74, 6) is 0.716. The van der Waals surface area contributed by atoms with Crippen LogP contribution in [-0.2, 0) is 13.1 Å². The van der Waals surface area contributed by atoms with Crippen LogP contribution in [0.15, 0.2) is 28.7 Å². The molecule has 0 unspecified atom stereocenters. The van der Waals surface area contributed by atoms with Crippen LogP contribution in [-0.4, -0.2) is 18.0 Å². The van der Waals surface area contributed by atoms with E-state index in [-0.39, 0.29) is 24.0 Å². The fraction of sp³-hybridized carbons (Fsp3) is 0.286. The van der Waals surface area contributed by atoms with E-state index in [1.54, 1.807) is 24.5 Å². The molecule has 0 atom stereocenters. The van der Waals surface area contributed by atoms with Gasteiger partial charge in [0.15, 0.2) is 5.96 Å². The molecule has 2 aromatic rings. The SMILES string of the molecule is CN=C(NCc1ccc(Cl)cc1Cl)NCc1scnc1C.I. The summed E-state index contributed by atoms with van der Waals surface area (Å²) < 4.78 is 0. The molecule has 0 aliphatic heterocycles. The number of thiazole rings is 1. The topological polar surface area (TPSA) is 49.3 Å². The average molecular weight is 471 g/mol. The van der Waals surface area contributed by atoms with E-state index in [4.69, 9.17) is 23.2 Å². The van der Waals surface area contributed by atoms with Crippen LogP contribution in [0.4, 0.5) is 0 Å². The third-order valence-electron chi connectivity index (χ3n) is 2.95. The van der Waals surface area contributed by atoms with Crippen molar-refractivity contribution >= 4 is 64.5 Å². The number of nitrogens with one attached hydrogen (secondary N) is 2. The number of aromatic nitrogens is 1. The Hall–Kier alpha value is -0.570. The van der Waals surface area contributed by atoms with Gasteiger partial charge in [0.05, 0.1) is 17.7 Å². The van der Waals surface area contributed by atoms with E-state index in [1.807, 2.05) is 24.6 Å². The van der Waals surface area contributed by atoms with Crippen LogP contribution in [0, 0.1) is 6.92 Å². The van der Waals surface area contributed by atoms with Gasteiger partial charge in [-0.2, -0.15) is 0 Å². The van der Waals surface area contributed by atoms with E-state index >= 15 is 0 Å². The minimum Gasteiger partial charge on any atom is -0.352 e. The van der Waals surface area contributed by atoms with Crippen molar-refractivity contribution in [3.05, 3.63) is 49.9 Å². The predicted octanol–water partition coefficient (Wildman–Crippen LogP) is 4.24. The molecule has 1 aromatic carbocycles. The zero-order valence-electron chi connectivity index (χ0n) is 12.2. The second-order valence-electron chi connectivity index (χ2n) is 4.38. The molecule has 0 aliphatic rings.